The van der Waals surface area contributed by atoms with Crippen molar-refractivity contribution in [1.82, 2.24) is 10.1 Å². The average molecular weight is 473 g/mol. The number of hydrogen-bond donors (Lipinski definition) is 1. The second-order valence-electron chi connectivity index (χ2n) is 11.2. The van der Waals surface area contributed by atoms with Gasteiger partial charge in [0.1, 0.15) is 5.52 Å². The van der Waals surface area contributed by atoms with Crippen molar-refractivity contribution in [3.05, 3.63) is 41.5 Å². The molecule has 1 aromatic heterocycles. The summed E-state index contributed by atoms with van der Waals surface area (Å²) in [5.41, 5.74) is 5.06. The summed E-state index contributed by atoms with van der Waals surface area (Å²) in [5.74, 6) is 2.84. The summed E-state index contributed by atoms with van der Waals surface area (Å²) in [5, 5.41) is 9.08. The third kappa shape index (κ3) is 4.02. The smallest absolute Gasteiger partial charge is 0.196 e. The number of anilines is 2. The first kappa shape index (κ1) is 22.6. The Bertz CT molecular complexity index is 1250. The van der Waals surface area contributed by atoms with E-state index in [1.165, 1.54) is 19.3 Å². The molecular weight excluding hydrogens is 436 g/mol. The lowest BCUT2D eigenvalue weighted by Gasteiger charge is -2.37. The molecule has 35 heavy (non-hydrogen) atoms. The van der Waals surface area contributed by atoms with E-state index < -0.39 is 0 Å². The molecule has 2 aromatic carbocycles. The molecule has 1 N–H and O–H groups in total. The van der Waals surface area contributed by atoms with Crippen LogP contribution in [0.2, 0.25) is 0 Å². The number of rotatable bonds is 5. The molecule has 6 heteroatoms. The molecule has 6 nitrogen and oxygen atoms in total. The number of hydrogen-bond acceptors (Lipinski definition) is 6. The van der Waals surface area contributed by atoms with Crippen LogP contribution in [0, 0.1) is 17.8 Å². The summed E-state index contributed by atoms with van der Waals surface area (Å²) in [6.07, 6.45) is 3.78. The summed E-state index contributed by atoms with van der Waals surface area (Å²) in [7, 11) is 0. The van der Waals surface area contributed by atoms with Gasteiger partial charge in [-0.25, -0.2) is 0 Å². The van der Waals surface area contributed by atoms with Gasteiger partial charge in [-0.2, -0.15) is 0 Å². The van der Waals surface area contributed by atoms with Gasteiger partial charge in [-0.1, -0.05) is 50.2 Å². The van der Waals surface area contributed by atoms with E-state index in [0.717, 1.165) is 78.8 Å². The number of ketones is 1. The highest BCUT2D eigenvalue weighted by Gasteiger charge is 2.34. The normalized spacial score (nSPS) is 23.1. The fourth-order valence-corrected chi connectivity index (χ4v) is 6.42. The van der Waals surface area contributed by atoms with Crippen molar-refractivity contribution in [3.8, 4) is 11.3 Å². The van der Waals surface area contributed by atoms with Gasteiger partial charge in [-0.3, -0.25) is 4.79 Å². The second-order valence-corrected chi connectivity index (χ2v) is 11.2. The van der Waals surface area contributed by atoms with Crippen LogP contribution in [-0.4, -0.2) is 55.1 Å². The summed E-state index contributed by atoms with van der Waals surface area (Å²) in [4.78, 5) is 18.8. The molecule has 0 spiro atoms. The maximum absolute atomic E-state index is 13.8. The predicted octanol–water partition coefficient (Wildman–Crippen LogP) is 5.67. The fourth-order valence-electron chi connectivity index (χ4n) is 6.42. The van der Waals surface area contributed by atoms with Crippen molar-refractivity contribution in [2.24, 2.45) is 17.8 Å². The molecule has 184 valence electrons. The van der Waals surface area contributed by atoms with E-state index in [-0.39, 0.29) is 5.78 Å². The maximum Gasteiger partial charge on any atom is 0.196 e. The highest BCUT2D eigenvalue weighted by molar-refractivity contribution is 6.28. The number of benzene rings is 2. The summed E-state index contributed by atoms with van der Waals surface area (Å²) < 4.78 is 5.96. The minimum absolute atomic E-state index is 0.0579. The molecule has 1 aliphatic carbocycles. The Morgan fingerprint density at radius 3 is 2.49 bits per heavy atom. The van der Waals surface area contributed by atoms with Gasteiger partial charge in [-0.15, -0.1) is 0 Å². The van der Waals surface area contributed by atoms with Crippen molar-refractivity contribution in [2.75, 3.05) is 49.5 Å². The molecule has 3 aliphatic rings. The quantitative estimate of drug-likeness (QED) is 0.404. The van der Waals surface area contributed by atoms with Crippen LogP contribution >= 0.6 is 0 Å². The monoisotopic (exact) mass is 472 g/mol. The molecule has 2 saturated heterocycles. The van der Waals surface area contributed by atoms with Gasteiger partial charge in [0.05, 0.1) is 16.6 Å². The van der Waals surface area contributed by atoms with Crippen LogP contribution in [0.4, 0.5) is 11.4 Å². The molecule has 0 amide bonds. The first-order valence-corrected chi connectivity index (χ1v) is 13.3. The molecule has 2 aliphatic heterocycles. The first-order chi connectivity index (χ1) is 17.0. The van der Waals surface area contributed by atoms with Crippen LogP contribution in [0.25, 0.3) is 22.2 Å². The predicted molar refractivity (Wildman–Crippen MR) is 141 cm³/mol. The van der Waals surface area contributed by atoms with Crippen molar-refractivity contribution in [3.63, 3.8) is 0 Å². The van der Waals surface area contributed by atoms with Crippen molar-refractivity contribution in [1.29, 1.82) is 0 Å². The second kappa shape index (κ2) is 8.98. The zero-order chi connectivity index (χ0) is 24.1. The van der Waals surface area contributed by atoms with Crippen molar-refractivity contribution in [2.45, 2.75) is 40.0 Å². The van der Waals surface area contributed by atoms with Gasteiger partial charge in [-0.05, 0) is 56.2 Å². The van der Waals surface area contributed by atoms with E-state index in [9.17, 15) is 4.79 Å². The van der Waals surface area contributed by atoms with Crippen LogP contribution < -0.4 is 10.2 Å². The molecule has 2 fully saturated rings. The summed E-state index contributed by atoms with van der Waals surface area (Å²) >= 11 is 0. The minimum Gasteiger partial charge on any atom is -0.383 e. The molecule has 2 atom stereocenters. The average Bonchev–Trinajstić information content (AvgIpc) is 3.28. The van der Waals surface area contributed by atoms with Crippen LogP contribution in [-0.2, 0) is 0 Å². The van der Waals surface area contributed by atoms with E-state index in [1.54, 1.807) is 0 Å². The van der Waals surface area contributed by atoms with Gasteiger partial charge in [0.2, 0.25) is 0 Å². The highest BCUT2D eigenvalue weighted by atomic mass is 16.5. The van der Waals surface area contributed by atoms with Crippen LogP contribution in [0.15, 0.2) is 34.9 Å². The number of carbonyl (C=O) groups excluding carboxylic acids is 1. The highest BCUT2D eigenvalue weighted by Crippen LogP contribution is 2.46. The Morgan fingerprint density at radius 2 is 1.74 bits per heavy atom. The zero-order valence-corrected chi connectivity index (χ0v) is 21.1. The molecule has 3 heterocycles. The Kier molecular flexibility index (Phi) is 5.79. The van der Waals surface area contributed by atoms with Crippen LogP contribution in [0.3, 0.4) is 0 Å². The standard InChI is InChI=1S/C29H36N4O2/c1-18-8-11-32(12-9-18)13-10-30-23-15-24(33-16-19(2)14-20(3)17-33)27-26-25(23)28(34)21-6-4-5-7-22(21)29(26)35-31-27/h4-7,15,18-20,30H,8-14,16-17H2,1-3H3. The zero-order valence-electron chi connectivity index (χ0n) is 21.1. The van der Waals surface area contributed by atoms with Crippen LogP contribution in [0.5, 0.6) is 0 Å². The largest absolute Gasteiger partial charge is 0.383 e. The molecule has 0 bridgehead atoms. The van der Waals surface area contributed by atoms with Gasteiger partial charge in [0, 0.05) is 43.0 Å². The first-order valence-electron chi connectivity index (χ1n) is 13.3. The van der Waals surface area contributed by atoms with E-state index in [2.05, 4.69) is 47.1 Å². The molecule has 2 unspecified atom stereocenters. The number of carbonyl (C=O) groups is 1. The maximum atomic E-state index is 13.8. The fraction of sp³-hybridized carbons (Fsp3) is 0.517. The van der Waals surface area contributed by atoms with E-state index >= 15 is 0 Å². The third-order valence-electron chi connectivity index (χ3n) is 8.21. The van der Waals surface area contributed by atoms with Gasteiger partial charge in [0.25, 0.3) is 0 Å². The molecule has 3 aromatic rings. The topological polar surface area (TPSA) is 61.6 Å². The Morgan fingerprint density at radius 1 is 1.03 bits per heavy atom. The number of aromatic nitrogens is 1. The number of fused-ring (bicyclic) bond motifs is 2. The van der Waals surface area contributed by atoms with Crippen molar-refractivity contribution >= 4 is 28.1 Å². The van der Waals surface area contributed by atoms with Gasteiger partial charge < -0.3 is 19.6 Å². The molecule has 0 radical (unpaired) electrons. The molecular formula is C29H36N4O2. The summed E-state index contributed by atoms with van der Waals surface area (Å²) in [6, 6.07) is 9.92. The van der Waals surface area contributed by atoms with E-state index in [4.69, 9.17) is 4.52 Å². The molecule has 0 saturated carbocycles. The number of nitrogens with zero attached hydrogens (tertiary/aromatic N) is 3. The molecule has 6 rings (SSSR count). The van der Waals surface area contributed by atoms with E-state index in [1.807, 2.05) is 24.3 Å². The van der Waals surface area contributed by atoms with E-state index in [0.29, 0.717) is 23.0 Å². The van der Waals surface area contributed by atoms with Gasteiger partial charge in [0.15, 0.2) is 11.5 Å². The number of likely N-dealkylation sites (tertiary alicyclic amines) is 1. The van der Waals surface area contributed by atoms with Crippen LogP contribution in [0.1, 0.15) is 56.0 Å². The Hall–Kier alpha value is -2.86. The summed E-state index contributed by atoms with van der Waals surface area (Å²) in [6.45, 7) is 13.1. The van der Waals surface area contributed by atoms with Crippen molar-refractivity contribution < 1.29 is 9.32 Å². The Labute approximate surface area is 207 Å². The number of nitrogens with one attached hydrogen (secondary N) is 1. The third-order valence-corrected chi connectivity index (χ3v) is 8.21. The van der Waals surface area contributed by atoms with Gasteiger partial charge >= 0.3 is 0 Å². The SMILES string of the molecule is CC1CCN(CCNc2cc(N3CC(C)CC(C)C3)c3noc4c3c2C(=O)c2ccccc2-4)CC1. The minimum atomic E-state index is 0.0579. The lowest BCUT2D eigenvalue weighted by Crippen LogP contribution is -2.39. The Balaban J connectivity index is 1.40. The lowest BCUT2D eigenvalue weighted by molar-refractivity contribution is 0.104. The lowest BCUT2D eigenvalue weighted by atomic mass is 9.85. The number of piperidine rings is 2.